The second kappa shape index (κ2) is 4.84. The van der Waals surface area contributed by atoms with Crippen molar-refractivity contribution in [1.82, 2.24) is 0 Å². The van der Waals surface area contributed by atoms with Gasteiger partial charge in [-0.3, -0.25) is 10.1 Å². The monoisotopic (exact) mass is 290 g/mol. The molecule has 1 saturated carbocycles. The molecule has 0 radical (unpaired) electrons. The Bertz CT molecular complexity index is 527. The van der Waals surface area contributed by atoms with Gasteiger partial charge in [0.25, 0.3) is 5.69 Å². The number of nitro groups is 1. The fourth-order valence-electron chi connectivity index (χ4n) is 1.89. The van der Waals surface area contributed by atoms with Crippen molar-refractivity contribution in [2.75, 3.05) is 11.9 Å². The van der Waals surface area contributed by atoms with E-state index >= 15 is 0 Å². The lowest BCUT2D eigenvalue weighted by atomic mass is 10.2. The summed E-state index contributed by atoms with van der Waals surface area (Å²) in [5.74, 6) is 0.169. The molecular weight excluding hydrogens is 277 g/mol. The Morgan fingerprint density at radius 3 is 2.50 bits per heavy atom. The Balaban J connectivity index is 2.29. The number of hydrogen-bond donors (Lipinski definition) is 1. The van der Waals surface area contributed by atoms with Crippen LogP contribution in [0.15, 0.2) is 18.2 Å². The summed E-state index contributed by atoms with van der Waals surface area (Å²) in [6.07, 6.45) is -4.46. The number of nitro benzene ring substituents is 1. The zero-order valence-electron chi connectivity index (χ0n) is 10.7. The van der Waals surface area contributed by atoms with E-state index in [0.717, 1.165) is 6.07 Å². The fraction of sp³-hybridized carbons (Fsp3) is 0.500. The van der Waals surface area contributed by atoms with Crippen molar-refractivity contribution in [3.8, 4) is 5.75 Å². The highest BCUT2D eigenvalue weighted by Crippen LogP contribution is 2.51. The van der Waals surface area contributed by atoms with E-state index in [2.05, 4.69) is 5.32 Å². The third-order valence-electron chi connectivity index (χ3n) is 3.09. The molecule has 110 valence electrons. The number of rotatable bonds is 5. The van der Waals surface area contributed by atoms with Crippen molar-refractivity contribution >= 4 is 11.4 Å². The van der Waals surface area contributed by atoms with E-state index < -0.39 is 16.6 Å². The number of alkyl halides is 3. The van der Waals surface area contributed by atoms with Crippen LogP contribution in [0, 0.1) is 10.1 Å². The minimum Gasteiger partial charge on any atom is -0.494 e. The molecule has 5 nitrogen and oxygen atoms in total. The smallest absolute Gasteiger partial charge is 0.411 e. The van der Waals surface area contributed by atoms with Crippen molar-refractivity contribution in [3.63, 3.8) is 0 Å². The number of non-ortho nitro benzene ring substituents is 1. The van der Waals surface area contributed by atoms with Crippen molar-refractivity contribution in [3.05, 3.63) is 28.3 Å². The number of benzene rings is 1. The van der Waals surface area contributed by atoms with E-state index in [0.29, 0.717) is 0 Å². The van der Waals surface area contributed by atoms with Gasteiger partial charge in [-0.05, 0) is 19.8 Å². The van der Waals surface area contributed by atoms with Gasteiger partial charge in [-0.1, -0.05) is 0 Å². The van der Waals surface area contributed by atoms with Crippen LogP contribution in [0.1, 0.15) is 19.8 Å². The minimum atomic E-state index is -4.39. The number of nitrogens with zero attached hydrogens (tertiary/aromatic N) is 1. The number of anilines is 1. The SMILES string of the molecule is CCOc1cc(NC2(C(F)(F)F)CC2)cc([N+](=O)[O-])c1. The zero-order valence-corrected chi connectivity index (χ0v) is 10.7. The summed E-state index contributed by atoms with van der Waals surface area (Å²) in [4.78, 5) is 10.1. The quantitative estimate of drug-likeness (QED) is 0.666. The highest BCUT2D eigenvalue weighted by atomic mass is 19.4. The van der Waals surface area contributed by atoms with Gasteiger partial charge in [-0.2, -0.15) is 13.2 Å². The van der Waals surface area contributed by atoms with Crippen LogP contribution in [0.4, 0.5) is 24.5 Å². The van der Waals surface area contributed by atoms with Crippen molar-refractivity contribution in [2.24, 2.45) is 0 Å². The molecule has 8 heteroatoms. The molecule has 1 N–H and O–H groups in total. The highest BCUT2D eigenvalue weighted by molar-refractivity contribution is 5.58. The molecule has 0 aliphatic heterocycles. The molecule has 20 heavy (non-hydrogen) atoms. The average molecular weight is 290 g/mol. The normalized spacial score (nSPS) is 16.6. The summed E-state index contributed by atoms with van der Waals surface area (Å²) in [5, 5.41) is 13.1. The van der Waals surface area contributed by atoms with Crippen molar-refractivity contribution in [2.45, 2.75) is 31.5 Å². The molecule has 0 unspecified atom stereocenters. The second-order valence-electron chi connectivity index (χ2n) is 4.61. The number of ether oxygens (including phenoxy) is 1. The maximum Gasteiger partial charge on any atom is 0.411 e. The zero-order chi connectivity index (χ0) is 15.0. The summed E-state index contributed by atoms with van der Waals surface area (Å²) in [5.41, 5.74) is -2.24. The molecule has 0 spiro atoms. The van der Waals surface area contributed by atoms with Crippen LogP contribution in [0.5, 0.6) is 5.75 Å². The molecule has 0 amide bonds. The lowest BCUT2D eigenvalue weighted by Crippen LogP contribution is -2.38. The highest BCUT2D eigenvalue weighted by Gasteiger charge is 2.63. The molecule has 0 saturated heterocycles. The maximum absolute atomic E-state index is 12.9. The maximum atomic E-state index is 12.9. The molecular formula is C12H13F3N2O3. The molecule has 1 aromatic rings. The van der Waals surface area contributed by atoms with Gasteiger partial charge in [-0.15, -0.1) is 0 Å². The Labute approximate surface area is 112 Å². The van der Waals surface area contributed by atoms with E-state index in [1.807, 2.05) is 0 Å². The summed E-state index contributed by atoms with van der Waals surface area (Å²) in [6.45, 7) is 1.95. The summed E-state index contributed by atoms with van der Waals surface area (Å²) in [7, 11) is 0. The van der Waals surface area contributed by atoms with Crippen LogP contribution in [-0.2, 0) is 0 Å². The van der Waals surface area contributed by atoms with Gasteiger partial charge < -0.3 is 10.1 Å². The first kappa shape index (κ1) is 14.4. The molecule has 1 fully saturated rings. The van der Waals surface area contributed by atoms with E-state index in [-0.39, 0.29) is 36.6 Å². The molecule has 1 aliphatic rings. The minimum absolute atomic E-state index is 0.0385. The Morgan fingerprint density at radius 2 is 2.05 bits per heavy atom. The molecule has 1 aliphatic carbocycles. The Kier molecular flexibility index (Phi) is 3.49. The molecule has 0 atom stereocenters. The lowest BCUT2D eigenvalue weighted by molar-refractivity contribution is -0.384. The number of halogens is 3. The van der Waals surface area contributed by atoms with Gasteiger partial charge in [0.1, 0.15) is 11.3 Å². The van der Waals surface area contributed by atoms with E-state index in [9.17, 15) is 23.3 Å². The van der Waals surface area contributed by atoms with Crippen LogP contribution in [0.2, 0.25) is 0 Å². The van der Waals surface area contributed by atoms with Crippen LogP contribution < -0.4 is 10.1 Å². The second-order valence-corrected chi connectivity index (χ2v) is 4.61. The Morgan fingerprint density at radius 1 is 1.40 bits per heavy atom. The summed E-state index contributed by atoms with van der Waals surface area (Å²) in [6, 6.07) is 3.60. The average Bonchev–Trinajstić information content (AvgIpc) is 3.09. The predicted molar refractivity (Wildman–Crippen MR) is 65.9 cm³/mol. The van der Waals surface area contributed by atoms with Gasteiger partial charge in [0, 0.05) is 17.8 Å². The predicted octanol–water partition coefficient (Wildman–Crippen LogP) is 3.50. The van der Waals surface area contributed by atoms with Crippen LogP contribution in [-0.4, -0.2) is 23.2 Å². The van der Waals surface area contributed by atoms with Crippen LogP contribution >= 0.6 is 0 Å². The van der Waals surface area contributed by atoms with E-state index in [1.165, 1.54) is 12.1 Å². The van der Waals surface area contributed by atoms with Gasteiger partial charge in [0.2, 0.25) is 0 Å². The van der Waals surface area contributed by atoms with E-state index in [4.69, 9.17) is 4.74 Å². The molecule has 1 aromatic carbocycles. The third-order valence-corrected chi connectivity index (χ3v) is 3.09. The van der Waals surface area contributed by atoms with Gasteiger partial charge >= 0.3 is 6.18 Å². The van der Waals surface area contributed by atoms with Crippen LogP contribution in [0.3, 0.4) is 0 Å². The first-order chi connectivity index (χ1) is 9.27. The Hall–Kier alpha value is -1.99. The lowest BCUT2D eigenvalue weighted by Gasteiger charge is -2.22. The first-order valence-corrected chi connectivity index (χ1v) is 6.04. The first-order valence-electron chi connectivity index (χ1n) is 6.04. The molecule has 0 aromatic heterocycles. The van der Waals surface area contributed by atoms with Crippen molar-refractivity contribution in [1.29, 1.82) is 0 Å². The van der Waals surface area contributed by atoms with Gasteiger partial charge in [0.05, 0.1) is 17.6 Å². The van der Waals surface area contributed by atoms with Gasteiger partial charge in [-0.25, -0.2) is 0 Å². The topological polar surface area (TPSA) is 64.4 Å². The molecule has 0 bridgehead atoms. The third kappa shape index (κ3) is 2.78. The number of nitrogens with one attached hydrogen (secondary N) is 1. The summed E-state index contributed by atoms with van der Waals surface area (Å²) < 4.78 is 43.7. The largest absolute Gasteiger partial charge is 0.494 e. The fourth-order valence-corrected chi connectivity index (χ4v) is 1.89. The standard InChI is InChI=1S/C12H13F3N2O3/c1-2-20-10-6-8(5-9(7-10)17(18)19)16-11(3-4-11)12(13,14)15/h5-7,16H,2-4H2,1H3. The molecule has 2 rings (SSSR count). The molecule has 0 heterocycles. The van der Waals surface area contributed by atoms with Crippen molar-refractivity contribution < 1.29 is 22.8 Å². The van der Waals surface area contributed by atoms with Gasteiger partial charge in [0.15, 0.2) is 0 Å². The number of hydrogen-bond acceptors (Lipinski definition) is 4. The van der Waals surface area contributed by atoms with Crippen LogP contribution in [0.25, 0.3) is 0 Å². The summed E-state index contributed by atoms with van der Waals surface area (Å²) >= 11 is 0. The van der Waals surface area contributed by atoms with E-state index in [1.54, 1.807) is 6.92 Å².